The first-order valence-electron chi connectivity index (χ1n) is 6.21. The highest BCUT2D eigenvalue weighted by molar-refractivity contribution is 9.10. The molecule has 0 amide bonds. The summed E-state index contributed by atoms with van der Waals surface area (Å²) in [4.78, 5) is 0. The van der Waals surface area contributed by atoms with E-state index in [2.05, 4.69) is 15.9 Å². The normalized spacial score (nSPS) is 21.2. The minimum atomic E-state index is -0.284. The fourth-order valence-corrected chi connectivity index (χ4v) is 3.22. The smallest absolute Gasteiger partial charge is 0.127 e. The third-order valence-corrected chi connectivity index (χ3v) is 4.34. The van der Waals surface area contributed by atoms with E-state index in [0.29, 0.717) is 15.9 Å². The van der Waals surface area contributed by atoms with Crippen molar-refractivity contribution < 1.29 is 9.13 Å². The van der Waals surface area contributed by atoms with Crippen LogP contribution in [0.2, 0.25) is 5.02 Å². The van der Waals surface area contributed by atoms with Crippen LogP contribution in [0.4, 0.5) is 4.39 Å². The lowest BCUT2D eigenvalue weighted by molar-refractivity contribution is 0.161. The molecule has 2 aromatic rings. The lowest BCUT2D eigenvalue weighted by atomic mass is 9.93. The highest BCUT2D eigenvalue weighted by Crippen LogP contribution is 2.42. The number of fused-ring (bicyclic) bond motifs is 1. The monoisotopic (exact) mass is 355 g/mol. The maximum atomic E-state index is 13.2. The average molecular weight is 357 g/mol. The molecule has 0 aliphatic carbocycles. The Labute approximate surface area is 129 Å². The van der Waals surface area contributed by atoms with Crippen LogP contribution in [0.15, 0.2) is 40.9 Å². The molecule has 1 aliphatic rings. The van der Waals surface area contributed by atoms with Gasteiger partial charge >= 0.3 is 0 Å². The van der Waals surface area contributed by atoms with E-state index in [9.17, 15) is 4.39 Å². The van der Waals surface area contributed by atoms with Gasteiger partial charge in [-0.05, 0) is 30.3 Å². The van der Waals surface area contributed by atoms with Gasteiger partial charge in [-0.25, -0.2) is 4.39 Å². The lowest BCUT2D eigenvalue weighted by Gasteiger charge is -2.31. The summed E-state index contributed by atoms with van der Waals surface area (Å²) < 4.78 is 19.8. The summed E-state index contributed by atoms with van der Waals surface area (Å²) in [5, 5.41) is 0.643. The molecule has 2 atom stereocenters. The molecule has 2 aromatic carbocycles. The van der Waals surface area contributed by atoms with E-state index < -0.39 is 0 Å². The molecule has 0 saturated carbocycles. The first-order chi connectivity index (χ1) is 9.54. The van der Waals surface area contributed by atoms with E-state index in [1.54, 1.807) is 12.1 Å². The number of ether oxygens (including phenoxy) is 1. The molecule has 1 heterocycles. The summed E-state index contributed by atoms with van der Waals surface area (Å²) in [6, 6.07) is 9.85. The highest BCUT2D eigenvalue weighted by atomic mass is 79.9. The fraction of sp³-hybridized carbons (Fsp3) is 0.200. The van der Waals surface area contributed by atoms with E-state index in [0.717, 1.165) is 16.9 Å². The van der Waals surface area contributed by atoms with Gasteiger partial charge in [0.1, 0.15) is 17.7 Å². The molecule has 2 N–H and O–H groups in total. The minimum absolute atomic E-state index is 0.153. The molecule has 0 saturated heterocycles. The lowest BCUT2D eigenvalue weighted by Crippen LogP contribution is -2.24. The van der Waals surface area contributed by atoms with Gasteiger partial charge in [0.05, 0.1) is 0 Å². The SMILES string of the molecule is N[C@H]1CC(c2ccc(F)cc2Br)Oc2ccc(Cl)cc21. The summed E-state index contributed by atoms with van der Waals surface area (Å²) in [7, 11) is 0. The third-order valence-electron chi connectivity index (χ3n) is 3.42. The molecule has 0 radical (unpaired) electrons. The van der Waals surface area contributed by atoms with Gasteiger partial charge in [0, 0.05) is 33.1 Å². The second-order valence-corrected chi connectivity index (χ2v) is 6.09. The van der Waals surface area contributed by atoms with Crippen LogP contribution in [-0.4, -0.2) is 0 Å². The van der Waals surface area contributed by atoms with Gasteiger partial charge in [0.15, 0.2) is 0 Å². The molecule has 20 heavy (non-hydrogen) atoms. The molecule has 0 spiro atoms. The van der Waals surface area contributed by atoms with Crippen molar-refractivity contribution in [3.8, 4) is 5.75 Å². The second kappa shape index (κ2) is 5.35. The van der Waals surface area contributed by atoms with Crippen LogP contribution < -0.4 is 10.5 Å². The van der Waals surface area contributed by atoms with Crippen LogP contribution in [0.25, 0.3) is 0 Å². The summed E-state index contributed by atoms with van der Waals surface area (Å²) in [6.07, 6.45) is 0.422. The summed E-state index contributed by atoms with van der Waals surface area (Å²) >= 11 is 9.35. The number of halogens is 3. The third kappa shape index (κ3) is 2.55. The molecule has 2 nitrogen and oxygen atoms in total. The van der Waals surface area contributed by atoms with Crippen LogP contribution in [0.3, 0.4) is 0 Å². The van der Waals surface area contributed by atoms with Gasteiger partial charge in [-0.2, -0.15) is 0 Å². The van der Waals surface area contributed by atoms with Crippen molar-refractivity contribution in [2.24, 2.45) is 5.73 Å². The van der Waals surface area contributed by atoms with Crippen LogP contribution in [0, 0.1) is 5.82 Å². The predicted molar refractivity (Wildman–Crippen MR) is 80.5 cm³/mol. The van der Waals surface area contributed by atoms with Crippen molar-refractivity contribution in [2.75, 3.05) is 0 Å². The molecule has 0 bridgehead atoms. The fourth-order valence-electron chi connectivity index (χ4n) is 2.43. The zero-order chi connectivity index (χ0) is 14.3. The van der Waals surface area contributed by atoms with Crippen molar-refractivity contribution in [3.63, 3.8) is 0 Å². The van der Waals surface area contributed by atoms with E-state index in [1.165, 1.54) is 12.1 Å². The molecule has 0 fully saturated rings. The van der Waals surface area contributed by atoms with Gasteiger partial charge in [0.2, 0.25) is 0 Å². The van der Waals surface area contributed by atoms with E-state index in [-0.39, 0.29) is 18.0 Å². The van der Waals surface area contributed by atoms with E-state index >= 15 is 0 Å². The molecular weight excluding hydrogens is 345 g/mol. The zero-order valence-corrected chi connectivity index (χ0v) is 12.8. The Bertz CT molecular complexity index is 664. The van der Waals surface area contributed by atoms with Crippen LogP contribution >= 0.6 is 27.5 Å². The maximum Gasteiger partial charge on any atom is 0.127 e. The van der Waals surface area contributed by atoms with Gasteiger partial charge in [-0.15, -0.1) is 0 Å². The minimum Gasteiger partial charge on any atom is -0.485 e. The quantitative estimate of drug-likeness (QED) is 0.799. The van der Waals surface area contributed by atoms with Crippen molar-refractivity contribution in [2.45, 2.75) is 18.6 Å². The summed E-state index contributed by atoms with van der Waals surface area (Å²) in [5.41, 5.74) is 8.00. The zero-order valence-electron chi connectivity index (χ0n) is 10.4. The van der Waals surface area contributed by atoms with Crippen LogP contribution in [0.5, 0.6) is 5.75 Å². The Kier molecular flexibility index (Phi) is 3.71. The number of benzene rings is 2. The van der Waals surface area contributed by atoms with Gasteiger partial charge in [-0.3, -0.25) is 0 Å². The predicted octanol–water partition coefficient (Wildman–Crippen LogP) is 4.77. The Hall–Kier alpha value is -1.10. The molecule has 3 rings (SSSR count). The molecular formula is C15H12BrClFNO. The van der Waals surface area contributed by atoms with Crippen LogP contribution in [0.1, 0.15) is 29.7 Å². The van der Waals surface area contributed by atoms with Crippen LogP contribution in [-0.2, 0) is 0 Å². The summed E-state index contributed by atoms with van der Waals surface area (Å²) in [6.45, 7) is 0. The average Bonchev–Trinajstić information content (AvgIpc) is 2.39. The Morgan fingerprint density at radius 3 is 2.75 bits per heavy atom. The van der Waals surface area contributed by atoms with Gasteiger partial charge in [-0.1, -0.05) is 33.6 Å². The topological polar surface area (TPSA) is 35.2 Å². The molecule has 104 valence electrons. The number of rotatable bonds is 1. The van der Waals surface area contributed by atoms with E-state index in [4.69, 9.17) is 22.1 Å². The number of hydrogen-bond acceptors (Lipinski definition) is 2. The molecule has 1 aliphatic heterocycles. The largest absolute Gasteiger partial charge is 0.485 e. The summed E-state index contributed by atoms with van der Waals surface area (Å²) in [5.74, 6) is 0.447. The van der Waals surface area contributed by atoms with Gasteiger partial charge in [0.25, 0.3) is 0 Å². The Morgan fingerprint density at radius 2 is 2.00 bits per heavy atom. The molecule has 0 aromatic heterocycles. The maximum absolute atomic E-state index is 13.2. The number of hydrogen-bond donors (Lipinski definition) is 1. The Morgan fingerprint density at radius 1 is 1.20 bits per heavy atom. The molecule has 5 heteroatoms. The first-order valence-corrected chi connectivity index (χ1v) is 7.38. The van der Waals surface area contributed by atoms with Crippen molar-refractivity contribution in [3.05, 3.63) is 62.8 Å². The second-order valence-electron chi connectivity index (χ2n) is 4.80. The van der Waals surface area contributed by atoms with Crippen molar-refractivity contribution >= 4 is 27.5 Å². The Balaban J connectivity index is 1.97. The number of nitrogens with two attached hydrogens (primary N) is 1. The van der Waals surface area contributed by atoms with Crippen molar-refractivity contribution in [1.29, 1.82) is 0 Å². The van der Waals surface area contributed by atoms with Crippen molar-refractivity contribution in [1.82, 2.24) is 0 Å². The standard InChI is InChI=1S/C15H12BrClFNO/c16-12-6-9(18)2-3-10(12)15-7-13(19)11-5-8(17)1-4-14(11)20-15/h1-6,13,15H,7,19H2/t13-,15?/m0/s1. The van der Waals surface area contributed by atoms with Gasteiger partial charge < -0.3 is 10.5 Å². The van der Waals surface area contributed by atoms with E-state index in [1.807, 2.05) is 12.1 Å². The molecule has 1 unspecified atom stereocenters. The highest BCUT2D eigenvalue weighted by Gasteiger charge is 2.28. The first kappa shape index (κ1) is 13.9.